The van der Waals surface area contributed by atoms with Gasteiger partial charge in [0, 0.05) is 5.69 Å². The number of hydrogen-bond donors (Lipinski definition) is 2. The summed E-state index contributed by atoms with van der Waals surface area (Å²) in [6.45, 7) is 5.57. The van der Waals surface area contributed by atoms with E-state index in [4.69, 9.17) is 0 Å². The maximum absolute atomic E-state index is 12.2. The Morgan fingerprint density at radius 2 is 1.85 bits per heavy atom. The minimum absolute atomic E-state index is 0.148. The van der Waals surface area contributed by atoms with Gasteiger partial charge in [-0.1, -0.05) is 30.3 Å². The number of H-pyrrole nitrogens is 1. The largest absolute Gasteiger partial charge is 0.345 e. The summed E-state index contributed by atoms with van der Waals surface area (Å²) < 4.78 is 0. The Hall–Kier alpha value is -2.36. The standard InChI is InChI=1S/C16H18N2O2/c1-10-9-14(15(19)17-11(10)2)16(20)18-12(3)13-7-5-4-6-8-13/h4-9,12H,1-3H3,(H,17,19)(H,18,20)/t12-/m1/s1. The van der Waals surface area contributed by atoms with Crippen LogP contribution in [-0.2, 0) is 0 Å². The predicted octanol–water partition coefficient (Wildman–Crippen LogP) is 2.48. The highest BCUT2D eigenvalue weighted by molar-refractivity contribution is 5.94. The molecule has 0 bridgehead atoms. The van der Waals surface area contributed by atoms with Crippen LogP contribution in [0.15, 0.2) is 41.2 Å². The normalized spacial score (nSPS) is 11.9. The molecule has 1 aromatic heterocycles. The van der Waals surface area contributed by atoms with E-state index in [9.17, 15) is 9.59 Å². The minimum Gasteiger partial charge on any atom is -0.345 e. The summed E-state index contributed by atoms with van der Waals surface area (Å²) in [4.78, 5) is 26.7. The molecule has 104 valence electrons. The maximum atomic E-state index is 12.2. The van der Waals surface area contributed by atoms with E-state index >= 15 is 0 Å². The SMILES string of the molecule is Cc1cc(C(=O)N[C@H](C)c2ccccc2)c(=O)[nH]c1C. The molecular formula is C16H18N2O2. The highest BCUT2D eigenvalue weighted by Crippen LogP contribution is 2.12. The van der Waals surface area contributed by atoms with Crippen LogP contribution in [-0.4, -0.2) is 10.9 Å². The van der Waals surface area contributed by atoms with Crippen molar-refractivity contribution < 1.29 is 4.79 Å². The van der Waals surface area contributed by atoms with Crippen molar-refractivity contribution >= 4 is 5.91 Å². The fourth-order valence-corrected chi connectivity index (χ4v) is 1.99. The average molecular weight is 270 g/mol. The molecule has 0 aliphatic rings. The van der Waals surface area contributed by atoms with Crippen LogP contribution in [0.25, 0.3) is 0 Å². The van der Waals surface area contributed by atoms with Gasteiger partial charge in [-0.05, 0) is 38.0 Å². The summed E-state index contributed by atoms with van der Waals surface area (Å²) >= 11 is 0. The van der Waals surface area contributed by atoms with E-state index in [1.165, 1.54) is 0 Å². The first kappa shape index (κ1) is 14.1. The minimum atomic E-state index is -0.356. The molecule has 0 aliphatic heterocycles. The highest BCUT2D eigenvalue weighted by atomic mass is 16.2. The number of aromatic nitrogens is 1. The molecule has 0 saturated carbocycles. The van der Waals surface area contributed by atoms with Gasteiger partial charge in [-0.25, -0.2) is 0 Å². The number of hydrogen-bond acceptors (Lipinski definition) is 2. The smallest absolute Gasteiger partial charge is 0.261 e. The Kier molecular flexibility index (Phi) is 4.03. The van der Waals surface area contributed by atoms with Gasteiger partial charge in [-0.3, -0.25) is 9.59 Å². The van der Waals surface area contributed by atoms with Gasteiger partial charge in [-0.15, -0.1) is 0 Å². The van der Waals surface area contributed by atoms with Crippen LogP contribution >= 0.6 is 0 Å². The van der Waals surface area contributed by atoms with Crippen molar-refractivity contribution in [3.05, 3.63) is 69.1 Å². The summed E-state index contributed by atoms with van der Waals surface area (Å²) in [6, 6.07) is 11.1. The summed E-state index contributed by atoms with van der Waals surface area (Å²) in [5.41, 5.74) is 2.47. The van der Waals surface area contributed by atoms with Gasteiger partial charge in [0.25, 0.3) is 11.5 Å². The Balaban J connectivity index is 2.21. The molecule has 2 aromatic rings. The van der Waals surface area contributed by atoms with Gasteiger partial charge in [0.1, 0.15) is 5.56 Å². The van der Waals surface area contributed by atoms with Gasteiger partial charge in [0.05, 0.1) is 6.04 Å². The molecule has 0 fully saturated rings. The Morgan fingerprint density at radius 1 is 1.20 bits per heavy atom. The van der Waals surface area contributed by atoms with Crippen molar-refractivity contribution in [3.63, 3.8) is 0 Å². The zero-order valence-electron chi connectivity index (χ0n) is 11.9. The average Bonchev–Trinajstić information content (AvgIpc) is 2.43. The van der Waals surface area contributed by atoms with Crippen LogP contribution in [0.4, 0.5) is 0 Å². The Morgan fingerprint density at radius 3 is 2.50 bits per heavy atom. The van der Waals surface area contributed by atoms with E-state index in [0.717, 1.165) is 16.8 Å². The molecule has 0 radical (unpaired) electrons. The van der Waals surface area contributed by atoms with E-state index < -0.39 is 0 Å². The van der Waals surface area contributed by atoms with Crippen molar-refractivity contribution in [1.29, 1.82) is 0 Å². The van der Waals surface area contributed by atoms with Gasteiger partial charge >= 0.3 is 0 Å². The monoisotopic (exact) mass is 270 g/mol. The zero-order chi connectivity index (χ0) is 14.7. The Bertz CT molecular complexity index is 675. The second-order valence-corrected chi connectivity index (χ2v) is 4.93. The third-order valence-electron chi connectivity index (χ3n) is 3.39. The van der Waals surface area contributed by atoms with Crippen LogP contribution < -0.4 is 10.9 Å². The molecule has 0 spiro atoms. The second-order valence-electron chi connectivity index (χ2n) is 4.93. The van der Waals surface area contributed by atoms with Gasteiger partial charge in [-0.2, -0.15) is 0 Å². The van der Waals surface area contributed by atoms with Gasteiger partial charge in [0.15, 0.2) is 0 Å². The molecule has 2 rings (SSSR count). The number of carbonyl (C=O) groups is 1. The van der Waals surface area contributed by atoms with Crippen LogP contribution in [0, 0.1) is 13.8 Å². The third-order valence-corrected chi connectivity index (χ3v) is 3.39. The van der Waals surface area contributed by atoms with Crippen LogP contribution in [0.5, 0.6) is 0 Å². The molecule has 1 atom stereocenters. The first-order valence-electron chi connectivity index (χ1n) is 6.55. The van der Waals surface area contributed by atoms with E-state index in [-0.39, 0.29) is 23.1 Å². The lowest BCUT2D eigenvalue weighted by Crippen LogP contribution is -2.32. The first-order valence-corrected chi connectivity index (χ1v) is 6.55. The summed E-state index contributed by atoms with van der Waals surface area (Å²) in [5.74, 6) is -0.356. The molecule has 4 heteroatoms. The number of aromatic amines is 1. The summed E-state index contributed by atoms with van der Waals surface area (Å²) in [5, 5.41) is 2.84. The lowest BCUT2D eigenvalue weighted by atomic mass is 10.1. The molecule has 1 heterocycles. The van der Waals surface area contributed by atoms with Crippen molar-refractivity contribution in [2.24, 2.45) is 0 Å². The van der Waals surface area contributed by atoms with Crippen molar-refractivity contribution in [2.75, 3.05) is 0 Å². The number of rotatable bonds is 3. The van der Waals surface area contributed by atoms with Crippen LogP contribution in [0.1, 0.15) is 40.1 Å². The molecule has 2 N–H and O–H groups in total. The third kappa shape index (κ3) is 2.96. The number of benzene rings is 1. The fraction of sp³-hybridized carbons (Fsp3) is 0.250. The molecule has 20 heavy (non-hydrogen) atoms. The summed E-state index contributed by atoms with van der Waals surface area (Å²) in [6.07, 6.45) is 0. The lowest BCUT2D eigenvalue weighted by Gasteiger charge is -2.14. The van der Waals surface area contributed by atoms with Crippen molar-refractivity contribution in [2.45, 2.75) is 26.8 Å². The molecule has 1 amide bonds. The lowest BCUT2D eigenvalue weighted by molar-refractivity contribution is 0.0938. The van der Waals surface area contributed by atoms with Gasteiger partial charge < -0.3 is 10.3 Å². The van der Waals surface area contributed by atoms with Gasteiger partial charge in [0.2, 0.25) is 0 Å². The zero-order valence-corrected chi connectivity index (χ0v) is 11.9. The number of nitrogens with one attached hydrogen (secondary N) is 2. The molecular weight excluding hydrogens is 252 g/mol. The molecule has 0 unspecified atom stereocenters. The fourth-order valence-electron chi connectivity index (χ4n) is 1.99. The molecule has 0 saturated heterocycles. The van der Waals surface area contributed by atoms with Crippen LogP contribution in [0.2, 0.25) is 0 Å². The van der Waals surface area contributed by atoms with Crippen molar-refractivity contribution in [1.82, 2.24) is 10.3 Å². The number of amides is 1. The van der Waals surface area contributed by atoms with Crippen molar-refractivity contribution in [3.8, 4) is 0 Å². The molecule has 1 aromatic carbocycles. The number of pyridine rings is 1. The van der Waals surface area contributed by atoms with E-state index in [0.29, 0.717) is 0 Å². The van der Waals surface area contributed by atoms with E-state index in [1.807, 2.05) is 51.1 Å². The van der Waals surface area contributed by atoms with E-state index in [2.05, 4.69) is 10.3 Å². The topological polar surface area (TPSA) is 62.0 Å². The second kappa shape index (κ2) is 5.74. The highest BCUT2D eigenvalue weighted by Gasteiger charge is 2.15. The Labute approximate surface area is 117 Å². The van der Waals surface area contributed by atoms with Crippen LogP contribution in [0.3, 0.4) is 0 Å². The molecule has 0 aliphatic carbocycles. The predicted molar refractivity (Wildman–Crippen MR) is 78.9 cm³/mol. The first-order chi connectivity index (χ1) is 9.49. The van der Waals surface area contributed by atoms with E-state index in [1.54, 1.807) is 6.07 Å². The summed E-state index contributed by atoms with van der Waals surface area (Å²) in [7, 11) is 0. The maximum Gasteiger partial charge on any atom is 0.261 e. The number of carbonyl (C=O) groups excluding carboxylic acids is 1. The number of aryl methyl sites for hydroxylation is 2. The quantitative estimate of drug-likeness (QED) is 0.900. The molecule has 4 nitrogen and oxygen atoms in total.